The summed E-state index contributed by atoms with van der Waals surface area (Å²) in [6.45, 7) is 12.6. The molecule has 0 rings (SSSR count). The van der Waals surface area contributed by atoms with E-state index in [4.69, 9.17) is 0 Å². The van der Waals surface area contributed by atoms with Gasteiger partial charge in [-0.05, 0) is 19.8 Å². The van der Waals surface area contributed by atoms with Crippen LogP contribution in [0.3, 0.4) is 0 Å². The van der Waals surface area contributed by atoms with Crippen LogP contribution >= 0.6 is 11.9 Å². The third-order valence-corrected chi connectivity index (χ3v) is 2.87. The molecule has 0 aliphatic rings. The van der Waals surface area contributed by atoms with E-state index in [1.54, 1.807) is 19.0 Å². The molecule has 0 radical (unpaired) electrons. The smallest absolute Gasteiger partial charge is 0.207 e. The maximum absolute atomic E-state index is 4.24. The molecule has 0 aromatic rings. The van der Waals surface area contributed by atoms with Crippen molar-refractivity contribution in [2.24, 2.45) is 10.9 Å². The molecule has 0 atom stereocenters. The summed E-state index contributed by atoms with van der Waals surface area (Å²) in [6.07, 6.45) is 2.03. The normalized spacial score (nSPS) is 10.6. The van der Waals surface area contributed by atoms with Gasteiger partial charge in [0.2, 0.25) is 5.96 Å². The van der Waals surface area contributed by atoms with E-state index < -0.39 is 0 Å². The Balaban J connectivity index is 0. The van der Waals surface area contributed by atoms with Crippen LogP contribution in [-0.4, -0.2) is 30.6 Å². The molecule has 0 saturated carbocycles. The zero-order valence-electron chi connectivity index (χ0n) is 12.9. The molecule has 0 heterocycles. The van der Waals surface area contributed by atoms with Crippen LogP contribution in [0.25, 0.3) is 0 Å². The molecule has 0 fully saturated rings. The van der Waals surface area contributed by atoms with Gasteiger partial charge in [-0.25, -0.2) is 0 Å². The van der Waals surface area contributed by atoms with Gasteiger partial charge in [-0.3, -0.25) is 9.30 Å². The first-order chi connectivity index (χ1) is 7.93. The molecule has 0 aliphatic heterocycles. The van der Waals surface area contributed by atoms with E-state index in [9.17, 15) is 0 Å². The third kappa shape index (κ3) is 7.31. The average Bonchev–Trinajstić information content (AvgIpc) is 2.31. The summed E-state index contributed by atoms with van der Waals surface area (Å²) in [4.78, 5) is 4.24. The van der Waals surface area contributed by atoms with Crippen LogP contribution in [0.4, 0.5) is 0 Å². The van der Waals surface area contributed by atoms with E-state index >= 15 is 0 Å². The summed E-state index contributed by atoms with van der Waals surface area (Å²) >= 11 is 1.64. The first-order valence-corrected chi connectivity index (χ1v) is 7.31. The fourth-order valence-corrected chi connectivity index (χ4v) is 1.63. The molecule has 0 aromatic heterocycles. The lowest BCUT2D eigenvalue weighted by molar-refractivity contribution is 0.683. The summed E-state index contributed by atoms with van der Waals surface area (Å²) in [5.41, 5.74) is 2.55. The van der Waals surface area contributed by atoms with Crippen LogP contribution in [0, 0.1) is 5.92 Å². The number of nitrogens with one attached hydrogen (secondary N) is 1. The predicted octanol–water partition coefficient (Wildman–Crippen LogP) is 3.75. The molecule has 3 nitrogen and oxygen atoms in total. The quantitative estimate of drug-likeness (QED) is 0.475. The highest BCUT2D eigenvalue weighted by Gasteiger charge is 2.10. The van der Waals surface area contributed by atoms with Crippen molar-refractivity contribution in [1.82, 2.24) is 9.62 Å². The van der Waals surface area contributed by atoms with Crippen LogP contribution in [-0.2, 0) is 0 Å². The summed E-state index contributed by atoms with van der Waals surface area (Å²) < 4.78 is 2.02. The minimum absolute atomic E-state index is 0.488. The molecule has 0 saturated heterocycles. The number of rotatable bonds is 3. The zero-order valence-corrected chi connectivity index (χ0v) is 13.7. The molecular weight excluding hydrogens is 230 g/mol. The average molecular weight is 259 g/mol. The second kappa shape index (κ2) is 10.5. The topological polar surface area (TPSA) is 27.6 Å². The van der Waals surface area contributed by atoms with Crippen molar-refractivity contribution in [3.8, 4) is 0 Å². The Morgan fingerprint density at radius 2 is 1.71 bits per heavy atom. The third-order valence-electron chi connectivity index (χ3n) is 2.15. The Kier molecular flexibility index (Phi) is 11.6. The molecule has 0 unspecified atom stereocenters. The van der Waals surface area contributed by atoms with Crippen molar-refractivity contribution in [2.75, 3.05) is 20.4 Å². The molecule has 1 N–H and O–H groups in total. The van der Waals surface area contributed by atoms with Crippen LogP contribution in [0.5, 0.6) is 0 Å². The maximum atomic E-state index is 4.24. The number of aliphatic imine (C=N–C) groups is 1. The molecule has 102 valence electrons. The van der Waals surface area contributed by atoms with Gasteiger partial charge >= 0.3 is 0 Å². The fourth-order valence-electron chi connectivity index (χ4n) is 1.33. The number of hydrogen-bond donors (Lipinski definition) is 1. The maximum Gasteiger partial charge on any atom is 0.207 e. The highest BCUT2D eigenvalue weighted by atomic mass is 32.2. The van der Waals surface area contributed by atoms with Gasteiger partial charge < -0.3 is 5.32 Å². The first-order valence-electron chi connectivity index (χ1n) is 6.13. The monoisotopic (exact) mass is 259 g/mol. The Hall–Kier alpha value is -0.640. The standard InChI is InChI=1S/C11H23N3S.C2H6/c1-8(2)10(9(3)4)13-11(12-5)14(6)15-7;1-2/h8H,1-7H3,(H,12,13);1-2H3. The second-order valence-electron chi connectivity index (χ2n) is 3.92. The first kappa shape index (κ1) is 18.7. The van der Waals surface area contributed by atoms with Crippen molar-refractivity contribution in [3.05, 3.63) is 11.3 Å². The van der Waals surface area contributed by atoms with Crippen LogP contribution < -0.4 is 5.32 Å². The van der Waals surface area contributed by atoms with Gasteiger partial charge in [0.05, 0.1) is 0 Å². The minimum Gasteiger partial charge on any atom is -0.329 e. The van der Waals surface area contributed by atoms with E-state index in [2.05, 4.69) is 38.0 Å². The van der Waals surface area contributed by atoms with Gasteiger partial charge in [0.15, 0.2) is 0 Å². The number of allylic oxidation sites excluding steroid dienone is 2. The van der Waals surface area contributed by atoms with Crippen molar-refractivity contribution in [3.63, 3.8) is 0 Å². The number of hydrogen-bond acceptors (Lipinski definition) is 2. The Bertz CT molecular complexity index is 253. The lowest BCUT2D eigenvalue weighted by Gasteiger charge is -2.23. The SMILES string of the molecule is CC.CN=C(NC(=C(C)C)C(C)C)N(C)SC. The number of nitrogens with zero attached hydrogens (tertiary/aromatic N) is 2. The largest absolute Gasteiger partial charge is 0.329 e. The van der Waals surface area contributed by atoms with Crippen molar-refractivity contribution >= 4 is 17.9 Å². The summed E-state index contributed by atoms with van der Waals surface area (Å²) in [5, 5.41) is 3.39. The minimum atomic E-state index is 0.488. The van der Waals surface area contributed by atoms with Crippen molar-refractivity contribution in [1.29, 1.82) is 0 Å². The lowest BCUT2D eigenvalue weighted by atomic mass is 10.1. The van der Waals surface area contributed by atoms with Crippen LogP contribution in [0.2, 0.25) is 0 Å². The van der Waals surface area contributed by atoms with E-state index in [0.29, 0.717) is 5.92 Å². The molecule has 4 heteroatoms. The van der Waals surface area contributed by atoms with Crippen LogP contribution in [0.15, 0.2) is 16.3 Å². The molecule has 17 heavy (non-hydrogen) atoms. The van der Waals surface area contributed by atoms with E-state index in [1.165, 1.54) is 11.3 Å². The molecular formula is C13H29N3S. The summed E-state index contributed by atoms with van der Waals surface area (Å²) in [6, 6.07) is 0. The molecule has 0 aromatic carbocycles. The Morgan fingerprint density at radius 3 is 1.94 bits per heavy atom. The van der Waals surface area contributed by atoms with Gasteiger partial charge in [0, 0.05) is 26.0 Å². The molecule has 0 aliphatic carbocycles. The van der Waals surface area contributed by atoms with E-state index in [1.807, 2.05) is 31.5 Å². The lowest BCUT2D eigenvalue weighted by Crippen LogP contribution is -2.35. The van der Waals surface area contributed by atoms with Gasteiger partial charge in [-0.1, -0.05) is 45.2 Å². The fraction of sp³-hybridized carbons (Fsp3) is 0.769. The van der Waals surface area contributed by atoms with E-state index in [-0.39, 0.29) is 0 Å². The van der Waals surface area contributed by atoms with Gasteiger partial charge in [0.25, 0.3) is 0 Å². The predicted molar refractivity (Wildman–Crippen MR) is 82.3 cm³/mol. The zero-order chi connectivity index (χ0) is 14.0. The highest BCUT2D eigenvalue weighted by molar-refractivity contribution is 7.96. The van der Waals surface area contributed by atoms with Crippen molar-refractivity contribution in [2.45, 2.75) is 41.5 Å². The van der Waals surface area contributed by atoms with Crippen molar-refractivity contribution < 1.29 is 0 Å². The second-order valence-corrected chi connectivity index (χ2v) is 4.83. The highest BCUT2D eigenvalue weighted by Crippen LogP contribution is 2.12. The Morgan fingerprint density at radius 1 is 1.24 bits per heavy atom. The summed E-state index contributed by atoms with van der Waals surface area (Å²) in [7, 11) is 3.81. The molecule has 0 amide bonds. The van der Waals surface area contributed by atoms with Gasteiger partial charge in [-0.15, -0.1) is 0 Å². The van der Waals surface area contributed by atoms with Gasteiger partial charge in [0.1, 0.15) is 0 Å². The number of guanidine groups is 1. The summed E-state index contributed by atoms with van der Waals surface area (Å²) in [5.74, 6) is 1.38. The van der Waals surface area contributed by atoms with Gasteiger partial charge in [-0.2, -0.15) is 0 Å². The molecule has 0 bridgehead atoms. The van der Waals surface area contributed by atoms with Crippen LogP contribution in [0.1, 0.15) is 41.5 Å². The molecule has 0 spiro atoms. The Labute approximate surface area is 112 Å². The van der Waals surface area contributed by atoms with E-state index in [0.717, 1.165) is 5.96 Å².